The molecule has 386 valence electrons. The van der Waals surface area contributed by atoms with Gasteiger partial charge >= 0.3 is 17.9 Å². The van der Waals surface area contributed by atoms with Crippen LogP contribution in [-0.4, -0.2) is 37.2 Å². The standard InChI is InChI=1S/C59H114O6/c1-6-7-8-9-10-11-12-13-14-15-16-17-18-22-25-28-34-39-44-49-57(60)63-52-56(65-59(62)51-46-41-36-31-30-33-38-43-48-55(4)5)53-64-58(61)50-45-40-35-29-26-23-20-19-21-24-27-32-37-42-47-54(2)3/h54-56H,6-53H2,1-5H3/t56-/m0/s1. The Hall–Kier alpha value is -1.59. The minimum atomic E-state index is -0.763. The molecule has 0 bridgehead atoms. The van der Waals surface area contributed by atoms with Crippen LogP contribution in [0.25, 0.3) is 0 Å². The van der Waals surface area contributed by atoms with Crippen LogP contribution in [0.15, 0.2) is 0 Å². The normalized spacial score (nSPS) is 12.0. The van der Waals surface area contributed by atoms with Gasteiger partial charge in [0.2, 0.25) is 0 Å². The predicted molar refractivity (Wildman–Crippen MR) is 280 cm³/mol. The first-order chi connectivity index (χ1) is 31.7. The first-order valence-electron chi connectivity index (χ1n) is 29.2. The molecule has 6 heteroatoms. The highest BCUT2D eigenvalue weighted by Gasteiger charge is 2.19. The number of esters is 3. The van der Waals surface area contributed by atoms with Crippen LogP contribution in [0, 0.1) is 11.8 Å². The second-order valence-electron chi connectivity index (χ2n) is 21.2. The summed E-state index contributed by atoms with van der Waals surface area (Å²) in [5, 5.41) is 0. The van der Waals surface area contributed by atoms with E-state index in [9.17, 15) is 14.4 Å². The Kier molecular flexibility index (Phi) is 50.5. The fraction of sp³-hybridized carbons (Fsp3) is 0.949. The Balaban J connectivity index is 4.23. The molecule has 0 saturated heterocycles. The van der Waals surface area contributed by atoms with Gasteiger partial charge in [-0.2, -0.15) is 0 Å². The van der Waals surface area contributed by atoms with Crippen molar-refractivity contribution < 1.29 is 28.6 Å². The third kappa shape index (κ3) is 53.2. The number of rotatable bonds is 53. The average Bonchev–Trinajstić information content (AvgIpc) is 3.28. The molecule has 0 aliphatic carbocycles. The van der Waals surface area contributed by atoms with Crippen molar-refractivity contribution in [3.8, 4) is 0 Å². The Labute approximate surface area is 406 Å². The van der Waals surface area contributed by atoms with E-state index in [4.69, 9.17) is 14.2 Å². The maximum atomic E-state index is 12.8. The van der Waals surface area contributed by atoms with Crippen molar-refractivity contribution in [1.29, 1.82) is 0 Å². The van der Waals surface area contributed by atoms with Gasteiger partial charge in [0, 0.05) is 19.3 Å². The molecule has 65 heavy (non-hydrogen) atoms. The summed E-state index contributed by atoms with van der Waals surface area (Å²) < 4.78 is 16.9. The van der Waals surface area contributed by atoms with Crippen molar-refractivity contribution in [2.24, 2.45) is 11.8 Å². The lowest BCUT2D eigenvalue weighted by Gasteiger charge is -2.18. The van der Waals surface area contributed by atoms with Crippen LogP contribution < -0.4 is 0 Å². The molecule has 0 fully saturated rings. The van der Waals surface area contributed by atoms with E-state index in [1.54, 1.807) is 0 Å². The Bertz CT molecular complexity index is 993. The number of carbonyl (C=O) groups excluding carboxylic acids is 3. The summed E-state index contributed by atoms with van der Waals surface area (Å²) in [5.41, 5.74) is 0. The molecule has 0 radical (unpaired) electrons. The quantitative estimate of drug-likeness (QED) is 0.0344. The Morgan fingerprint density at radius 1 is 0.292 bits per heavy atom. The minimum absolute atomic E-state index is 0.0633. The van der Waals surface area contributed by atoms with Crippen molar-refractivity contribution in [3.63, 3.8) is 0 Å². The fourth-order valence-electron chi connectivity index (χ4n) is 9.05. The number of unbranched alkanes of at least 4 members (excludes halogenated alkanes) is 38. The van der Waals surface area contributed by atoms with Gasteiger partial charge in [-0.05, 0) is 31.1 Å². The molecule has 0 aliphatic rings. The molecular weight excluding hydrogens is 805 g/mol. The van der Waals surface area contributed by atoms with E-state index in [1.807, 2.05) is 0 Å². The topological polar surface area (TPSA) is 78.9 Å². The number of ether oxygens (including phenoxy) is 3. The Morgan fingerprint density at radius 2 is 0.508 bits per heavy atom. The van der Waals surface area contributed by atoms with Gasteiger partial charge in [0.1, 0.15) is 13.2 Å². The molecule has 0 unspecified atom stereocenters. The lowest BCUT2D eigenvalue weighted by Crippen LogP contribution is -2.30. The maximum absolute atomic E-state index is 12.8. The molecule has 0 aliphatic heterocycles. The SMILES string of the molecule is CCCCCCCCCCCCCCCCCCCCCC(=O)OC[C@@H](COC(=O)CCCCCCCCCCCCCCCCC(C)C)OC(=O)CCCCCCCCCCC(C)C. The highest BCUT2D eigenvalue weighted by Crippen LogP contribution is 2.18. The average molecular weight is 920 g/mol. The molecule has 0 saturated carbocycles. The summed E-state index contributed by atoms with van der Waals surface area (Å²) in [6.45, 7) is 11.4. The van der Waals surface area contributed by atoms with Crippen LogP contribution in [0.5, 0.6) is 0 Å². The van der Waals surface area contributed by atoms with Crippen LogP contribution in [0.1, 0.15) is 330 Å². The molecule has 0 N–H and O–H groups in total. The van der Waals surface area contributed by atoms with Gasteiger partial charge in [0.15, 0.2) is 6.10 Å². The largest absolute Gasteiger partial charge is 0.462 e. The summed E-state index contributed by atoms with van der Waals surface area (Å²) in [7, 11) is 0. The predicted octanol–water partition coefficient (Wildman–Crippen LogP) is 19.3. The number of hydrogen-bond acceptors (Lipinski definition) is 6. The second-order valence-corrected chi connectivity index (χ2v) is 21.2. The molecule has 0 spiro atoms. The second kappa shape index (κ2) is 51.8. The molecule has 6 nitrogen and oxygen atoms in total. The lowest BCUT2D eigenvalue weighted by atomic mass is 10.0. The zero-order valence-electron chi connectivity index (χ0n) is 44.6. The summed E-state index contributed by atoms with van der Waals surface area (Å²) in [6.07, 6.45) is 55.3. The van der Waals surface area contributed by atoms with E-state index in [0.717, 1.165) is 69.6 Å². The van der Waals surface area contributed by atoms with Gasteiger partial charge < -0.3 is 14.2 Å². The van der Waals surface area contributed by atoms with Crippen molar-refractivity contribution >= 4 is 17.9 Å². The summed E-state index contributed by atoms with van der Waals surface area (Å²) in [4.78, 5) is 38.1. The summed E-state index contributed by atoms with van der Waals surface area (Å²) in [6, 6.07) is 0. The van der Waals surface area contributed by atoms with Crippen LogP contribution in [0.2, 0.25) is 0 Å². The van der Waals surface area contributed by atoms with E-state index in [-0.39, 0.29) is 31.1 Å². The van der Waals surface area contributed by atoms with E-state index >= 15 is 0 Å². The van der Waals surface area contributed by atoms with Gasteiger partial charge in [-0.15, -0.1) is 0 Å². The minimum Gasteiger partial charge on any atom is -0.462 e. The van der Waals surface area contributed by atoms with E-state index < -0.39 is 6.10 Å². The summed E-state index contributed by atoms with van der Waals surface area (Å²) in [5.74, 6) is 0.796. The zero-order valence-corrected chi connectivity index (χ0v) is 44.6. The van der Waals surface area contributed by atoms with Crippen molar-refractivity contribution in [1.82, 2.24) is 0 Å². The molecule has 1 atom stereocenters. The third-order valence-corrected chi connectivity index (χ3v) is 13.5. The van der Waals surface area contributed by atoms with Gasteiger partial charge in [-0.25, -0.2) is 0 Å². The van der Waals surface area contributed by atoms with Crippen LogP contribution in [-0.2, 0) is 28.6 Å². The first kappa shape index (κ1) is 63.4. The Morgan fingerprint density at radius 3 is 0.754 bits per heavy atom. The van der Waals surface area contributed by atoms with Gasteiger partial charge in [0.05, 0.1) is 0 Å². The van der Waals surface area contributed by atoms with E-state index in [2.05, 4.69) is 34.6 Å². The fourth-order valence-corrected chi connectivity index (χ4v) is 9.05. The zero-order chi connectivity index (χ0) is 47.5. The molecule has 0 aromatic rings. The molecule has 0 heterocycles. The first-order valence-corrected chi connectivity index (χ1v) is 29.2. The number of hydrogen-bond donors (Lipinski definition) is 0. The highest BCUT2D eigenvalue weighted by molar-refractivity contribution is 5.71. The van der Waals surface area contributed by atoms with E-state index in [1.165, 1.54) is 218 Å². The van der Waals surface area contributed by atoms with E-state index in [0.29, 0.717) is 19.3 Å². The van der Waals surface area contributed by atoms with Gasteiger partial charge in [-0.1, -0.05) is 291 Å². The maximum Gasteiger partial charge on any atom is 0.306 e. The van der Waals surface area contributed by atoms with Gasteiger partial charge in [-0.3, -0.25) is 14.4 Å². The van der Waals surface area contributed by atoms with Gasteiger partial charge in [0.25, 0.3) is 0 Å². The van der Waals surface area contributed by atoms with Crippen molar-refractivity contribution in [2.45, 2.75) is 336 Å². The molecule has 0 rings (SSSR count). The highest BCUT2D eigenvalue weighted by atomic mass is 16.6. The molecule has 0 aromatic carbocycles. The monoisotopic (exact) mass is 919 g/mol. The molecule has 0 aromatic heterocycles. The number of carbonyl (C=O) groups is 3. The molecule has 0 amide bonds. The van der Waals surface area contributed by atoms with Crippen LogP contribution >= 0.6 is 0 Å². The van der Waals surface area contributed by atoms with Crippen LogP contribution in [0.4, 0.5) is 0 Å². The smallest absolute Gasteiger partial charge is 0.306 e. The lowest BCUT2D eigenvalue weighted by molar-refractivity contribution is -0.167. The summed E-state index contributed by atoms with van der Waals surface area (Å²) >= 11 is 0. The van der Waals surface area contributed by atoms with Crippen molar-refractivity contribution in [2.75, 3.05) is 13.2 Å². The molecular formula is C59H114O6. The van der Waals surface area contributed by atoms with Crippen LogP contribution in [0.3, 0.4) is 0 Å². The third-order valence-electron chi connectivity index (χ3n) is 13.5. The van der Waals surface area contributed by atoms with Crippen molar-refractivity contribution in [3.05, 3.63) is 0 Å².